The summed E-state index contributed by atoms with van der Waals surface area (Å²) in [4.78, 5) is 44.2. The zero-order chi connectivity index (χ0) is 22.7. The van der Waals surface area contributed by atoms with Crippen molar-refractivity contribution in [3.63, 3.8) is 0 Å². The van der Waals surface area contributed by atoms with E-state index in [9.17, 15) is 14.4 Å². The number of imide groups is 1. The number of carbonyl (C=O) groups is 3. The number of carbonyl (C=O) groups excluding carboxylic acids is 3. The minimum atomic E-state index is -1.55. The largest absolute Gasteiger partial charge is 0.456 e. The first-order chi connectivity index (χ1) is 15.9. The lowest BCUT2D eigenvalue weighted by Gasteiger charge is -2.28. The quantitative estimate of drug-likeness (QED) is 0.466. The minimum Gasteiger partial charge on any atom is -0.456 e. The predicted octanol–water partition coefficient (Wildman–Crippen LogP) is 1.92. The van der Waals surface area contributed by atoms with E-state index in [1.165, 1.54) is 0 Å². The Kier molecular flexibility index (Phi) is 3.94. The van der Waals surface area contributed by atoms with E-state index in [1.54, 1.807) is 40.2 Å². The number of urea groups is 1. The second-order valence-corrected chi connectivity index (χ2v) is 8.25. The second-order valence-electron chi connectivity index (χ2n) is 8.25. The maximum atomic E-state index is 13.3. The van der Waals surface area contributed by atoms with E-state index in [0.29, 0.717) is 23.2 Å². The van der Waals surface area contributed by atoms with Crippen LogP contribution in [0.3, 0.4) is 0 Å². The third-order valence-electron chi connectivity index (χ3n) is 6.10. The van der Waals surface area contributed by atoms with Gasteiger partial charge in [0.15, 0.2) is 11.1 Å². The van der Waals surface area contributed by atoms with Crippen molar-refractivity contribution >= 4 is 28.9 Å². The molecule has 0 bridgehead atoms. The van der Waals surface area contributed by atoms with Gasteiger partial charge in [-0.15, -0.1) is 0 Å². The summed E-state index contributed by atoms with van der Waals surface area (Å²) in [6.07, 6.45) is 5.23. The minimum absolute atomic E-state index is 0.0832. The molecular formula is C23H18N6O4. The zero-order valence-electron chi connectivity index (χ0n) is 17.5. The molecule has 164 valence electrons. The van der Waals surface area contributed by atoms with Gasteiger partial charge in [-0.1, -0.05) is 12.1 Å². The van der Waals surface area contributed by atoms with Crippen LogP contribution in [0.2, 0.25) is 0 Å². The number of nitrogens with one attached hydrogen (secondary N) is 2. The molecular weight excluding hydrogens is 424 g/mol. The first-order valence-electron chi connectivity index (χ1n) is 10.3. The van der Waals surface area contributed by atoms with Gasteiger partial charge in [0.25, 0.3) is 11.8 Å². The van der Waals surface area contributed by atoms with Crippen LogP contribution in [0.15, 0.2) is 59.4 Å². The number of aromatic nitrogens is 3. The number of pyridine rings is 1. The molecule has 2 aliphatic heterocycles. The van der Waals surface area contributed by atoms with Crippen molar-refractivity contribution in [1.82, 2.24) is 30.3 Å². The van der Waals surface area contributed by atoms with Crippen molar-refractivity contribution in [1.29, 1.82) is 0 Å². The van der Waals surface area contributed by atoms with Crippen LogP contribution in [0.4, 0.5) is 4.79 Å². The van der Waals surface area contributed by atoms with Crippen LogP contribution in [0.1, 0.15) is 21.7 Å². The van der Waals surface area contributed by atoms with E-state index in [2.05, 4.69) is 20.7 Å². The summed E-state index contributed by atoms with van der Waals surface area (Å²) >= 11 is 0. The monoisotopic (exact) mass is 442 g/mol. The van der Waals surface area contributed by atoms with E-state index in [-0.39, 0.29) is 18.2 Å². The highest BCUT2D eigenvalue weighted by atomic mass is 16.3. The van der Waals surface area contributed by atoms with Gasteiger partial charge in [0.1, 0.15) is 11.3 Å². The summed E-state index contributed by atoms with van der Waals surface area (Å²) in [7, 11) is 1.83. The van der Waals surface area contributed by atoms with Crippen LogP contribution < -0.4 is 10.6 Å². The molecule has 0 unspecified atom stereocenters. The van der Waals surface area contributed by atoms with Gasteiger partial charge in [-0.25, -0.2) is 4.79 Å². The second kappa shape index (κ2) is 6.76. The predicted molar refractivity (Wildman–Crippen MR) is 116 cm³/mol. The molecule has 0 spiro atoms. The Bertz CT molecular complexity index is 1440. The molecule has 3 aromatic heterocycles. The molecule has 4 amide bonds. The SMILES string of the molecule is Cn1cc(-c2ccc3c(c2)C(=O)N(C[C@@]2(c4cc5ncccc5o4)NC(=O)NC2=O)C3)cn1. The molecule has 5 heterocycles. The van der Waals surface area contributed by atoms with E-state index in [0.717, 1.165) is 16.7 Å². The molecule has 1 atom stereocenters. The Balaban J connectivity index is 1.36. The van der Waals surface area contributed by atoms with Crippen molar-refractivity contribution in [3.05, 3.63) is 71.9 Å². The van der Waals surface area contributed by atoms with E-state index >= 15 is 0 Å². The number of aryl methyl sites for hydroxylation is 1. The van der Waals surface area contributed by atoms with Gasteiger partial charge < -0.3 is 14.6 Å². The van der Waals surface area contributed by atoms with Gasteiger partial charge in [0.05, 0.1) is 12.7 Å². The third kappa shape index (κ3) is 2.91. The number of nitrogens with zero attached hydrogens (tertiary/aromatic N) is 4. The van der Waals surface area contributed by atoms with Gasteiger partial charge in [-0.3, -0.25) is 24.6 Å². The average Bonchev–Trinajstić information content (AvgIpc) is 3.55. The lowest BCUT2D eigenvalue weighted by molar-refractivity contribution is -0.125. The van der Waals surface area contributed by atoms with Crippen molar-refractivity contribution in [3.8, 4) is 11.1 Å². The number of benzene rings is 1. The summed E-state index contributed by atoms with van der Waals surface area (Å²) in [6.45, 7) is 0.227. The molecule has 0 aliphatic carbocycles. The number of fused-ring (bicyclic) bond motifs is 2. The maximum absolute atomic E-state index is 13.3. The molecule has 2 aliphatic rings. The number of rotatable bonds is 4. The summed E-state index contributed by atoms with van der Waals surface area (Å²) in [5, 5.41) is 9.15. The maximum Gasteiger partial charge on any atom is 0.322 e. The summed E-state index contributed by atoms with van der Waals surface area (Å²) in [5.41, 5.74) is 2.67. The fourth-order valence-corrected chi connectivity index (χ4v) is 4.46. The van der Waals surface area contributed by atoms with Crippen LogP contribution in [-0.2, 0) is 23.9 Å². The van der Waals surface area contributed by atoms with Crippen molar-refractivity contribution in [2.45, 2.75) is 12.1 Å². The number of amides is 4. The Morgan fingerprint density at radius 3 is 2.76 bits per heavy atom. The number of hydrogen-bond donors (Lipinski definition) is 2. The van der Waals surface area contributed by atoms with Crippen molar-refractivity contribution in [2.75, 3.05) is 6.54 Å². The normalized spacial score (nSPS) is 19.8. The van der Waals surface area contributed by atoms with Gasteiger partial charge in [0, 0.05) is 43.2 Å². The molecule has 6 rings (SSSR count). The van der Waals surface area contributed by atoms with E-state index in [4.69, 9.17) is 4.42 Å². The molecule has 33 heavy (non-hydrogen) atoms. The molecule has 4 aromatic rings. The first kappa shape index (κ1) is 19.2. The van der Waals surface area contributed by atoms with Crippen LogP contribution in [0.5, 0.6) is 0 Å². The van der Waals surface area contributed by atoms with Crippen molar-refractivity contribution in [2.24, 2.45) is 7.05 Å². The smallest absolute Gasteiger partial charge is 0.322 e. The Morgan fingerprint density at radius 2 is 2.03 bits per heavy atom. The average molecular weight is 442 g/mol. The Morgan fingerprint density at radius 1 is 1.15 bits per heavy atom. The topological polar surface area (TPSA) is 122 Å². The molecule has 0 radical (unpaired) electrons. The van der Waals surface area contributed by atoms with Gasteiger partial charge in [-0.2, -0.15) is 5.10 Å². The van der Waals surface area contributed by atoms with Crippen LogP contribution in [0.25, 0.3) is 22.2 Å². The highest BCUT2D eigenvalue weighted by Gasteiger charge is 2.53. The highest BCUT2D eigenvalue weighted by molar-refractivity contribution is 6.08. The molecule has 1 fully saturated rings. The molecule has 10 heteroatoms. The number of furan rings is 1. The van der Waals surface area contributed by atoms with E-state index in [1.807, 2.05) is 31.4 Å². The molecule has 1 saturated heterocycles. The van der Waals surface area contributed by atoms with Crippen molar-refractivity contribution < 1.29 is 18.8 Å². The molecule has 1 aromatic carbocycles. The van der Waals surface area contributed by atoms with E-state index < -0.39 is 17.5 Å². The van der Waals surface area contributed by atoms with Crippen LogP contribution in [0, 0.1) is 0 Å². The lowest BCUT2D eigenvalue weighted by Crippen LogP contribution is -2.52. The van der Waals surface area contributed by atoms with Gasteiger partial charge in [-0.05, 0) is 29.3 Å². The fourth-order valence-electron chi connectivity index (χ4n) is 4.46. The molecule has 0 saturated carbocycles. The molecule has 2 N–H and O–H groups in total. The summed E-state index contributed by atoms with van der Waals surface area (Å²) < 4.78 is 7.59. The standard InChI is InChI=1S/C23H18N6O4/c1-28-10-15(9-25-28)13-4-5-14-11-29(20(30)16(14)7-13)12-23(21(31)26-22(32)27-23)19-8-17-18(33-19)3-2-6-24-17/h2-10H,11-12H2,1H3,(H2,26,27,31,32)/t23-/m0/s1. The fraction of sp³-hybridized carbons (Fsp3) is 0.174. The molecule has 10 nitrogen and oxygen atoms in total. The lowest BCUT2D eigenvalue weighted by atomic mass is 9.95. The van der Waals surface area contributed by atoms with Gasteiger partial charge in [0.2, 0.25) is 0 Å². The highest BCUT2D eigenvalue weighted by Crippen LogP contribution is 2.34. The van der Waals surface area contributed by atoms with Crippen LogP contribution >= 0.6 is 0 Å². The van der Waals surface area contributed by atoms with Gasteiger partial charge >= 0.3 is 6.03 Å². The third-order valence-corrected chi connectivity index (χ3v) is 6.10. The summed E-state index contributed by atoms with van der Waals surface area (Å²) in [6, 6.07) is 10.1. The first-order valence-corrected chi connectivity index (χ1v) is 10.3. The summed E-state index contributed by atoms with van der Waals surface area (Å²) in [5.74, 6) is -0.580. The zero-order valence-corrected chi connectivity index (χ0v) is 17.5. The Labute approximate surface area is 187 Å². The number of hydrogen-bond acceptors (Lipinski definition) is 6. The van der Waals surface area contributed by atoms with Crippen LogP contribution in [-0.4, -0.2) is 44.1 Å². The Hall–Kier alpha value is -4.47.